The van der Waals surface area contributed by atoms with Crippen LogP contribution in [0.4, 0.5) is 0 Å². The van der Waals surface area contributed by atoms with Crippen molar-refractivity contribution in [1.82, 2.24) is 9.80 Å². The number of ether oxygens (including phenoxy) is 2. The lowest BCUT2D eigenvalue weighted by Gasteiger charge is -2.22. The summed E-state index contributed by atoms with van der Waals surface area (Å²) >= 11 is 0. The van der Waals surface area contributed by atoms with Gasteiger partial charge in [-0.3, -0.25) is 4.79 Å². The van der Waals surface area contributed by atoms with E-state index in [1.54, 1.807) is 30.2 Å². The summed E-state index contributed by atoms with van der Waals surface area (Å²) in [5.74, 6) is 1.85. The van der Waals surface area contributed by atoms with Crippen molar-refractivity contribution in [3.63, 3.8) is 0 Å². The minimum Gasteiger partial charge on any atom is -0.493 e. The summed E-state index contributed by atoms with van der Waals surface area (Å²) in [4.78, 5) is 16.7. The molecule has 5 heteroatoms. The standard InChI is InChI=1S/C17H26N2O3/c1-5-22-15-7-6-14(10-16(15)21-4)17(20)19(3)12-13-8-9-18(2)11-13/h6-7,10,13H,5,8-9,11-12H2,1-4H3. The Morgan fingerprint density at radius 1 is 1.41 bits per heavy atom. The lowest BCUT2D eigenvalue weighted by molar-refractivity contribution is 0.0773. The number of hydrogen-bond acceptors (Lipinski definition) is 4. The Balaban J connectivity index is 2.04. The summed E-state index contributed by atoms with van der Waals surface area (Å²) in [6, 6.07) is 5.35. The molecule has 0 aromatic heterocycles. The maximum Gasteiger partial charge on any atom is 0.253 e. The van der Waals surface area contributed by atoms with Crippen LogP contribution in [0.2, 0.25) is 0 Å². The van der Waals surface area contributed by atoms with Crippen LogP contribution < -0.4 is 9.47 Å². The van der Waals surface area contributed by atoms with Crippen LogP contribution in [-0.4, -0.2) is 63.2 Å². The summed E-state index contributed by atoms with van der Waals surface area (Å²) in [6.45, 7) is 5.45. The van der Waals surface area contributed by atoms with Crippen molar-refractivity contribution in [2.75, 3.05) is 47.4 Å². The average molecular weight is 306 g/mol. The Morgan fingerprint density at radius 3 is 2.77 bits per heavy atom. The Bertz CT molecular complexity index is 519. The number of rotatable bonds is 6. The molecule has 5 nitrogen and oxygen atoms in total. The third-order valence-corrected chi connectivity index (χ3v) is 4.08. The van der Waals surface area contributed by atoms with Crippen molar-refractivity contribution >= 4 is 5.91 Å². The van der Waals surface area contributed by atoms with E-state index in [1.165, 1.54) is 0 Å². The highest BCUT2D eigenvalue weighted by Gasteiger charge is 2.23. The van der Waals surface area contributed by atoms with Gasteiger partial charge in [-0.05, 0) is 51.1 Å². The Morgan fingerprint density at radius 2 is 2.18 bits per heavy atom. The van der Waals surface area contributed by atoms with Gasteiger partial charge in [-0.25, -0.2) is 0 Å². The van der Waals surface area contributed by atoms with Crippen LogP contribution in [0, 0.1) is 5.92 Å². The minimum absolute atomic E-state index is 0.0240. The predicted molar refractivity (Wildman–Crippen MR) is 86.7 cm³/mol. The zero-order chi connectivity index (χ0) is 16.1. The summed E-state index contributed by atoms with van der Waals surface area (Å²) in [7, 11) is 5.58. The van der Waals surface area contributed by atoms with E-state index in [4.69, 9.17) is 9.47 Å². The molecule has 1 unspecified atom stereocenters. The molecule has 1 heterocycles. The first-order chi connectivity index (χ1) is 10.5. The van der Waals surface area contributed by atoms with Crippen LogP contribution in [0.25, 0.3) is 0 Å². The van der Waals surface area contributed by atoms with E-state index in [1.807, 2.05) is 14.0 Å². The topological polar surface area (TPSA) is 42.0 Å². The van der Waals surface area contributed by atoms with Crippen molar-refractivity contribution in [3.05, 3.63) is 23.8 Å². The second-order valence-corrected chi connectivity index (χ2v) is 5.90. The number of carbonyl (C=O) groups excluding carboxylic acids is 1. The third kappa shape index (κ3) is 3.91. The molecule has 1 amide bonds. The number of likely N-dealkylation sites (tertiary alicyclic amines) is 1. The van der Waals surface area contributed by atoms with Crippen molar-refractivity contribution < 1.29 is 14.3 Å². The molecule has 0 radical (unpaired) electrons. The molecule has 2 rings (SSSR count). The second-order valence-electron chi connectivity index (χ2n) is 5.90. The lowest BCUT2D eigenvalue weighted by atomic mass is 10.1. The van der Waals surface area contributed by atoms with Crippen LogP contribution in [0.5, 0.6) is 11.5 Å². The zero-order valence-corrected chi connectivity index (χ0v) is 14.0. The van der Waals surface area contributed by atoms with Gasteiger partial charge in [-0.15, -0.1) is 0 Å². The molecule has 0 saturated carbocycles. The summed E-state index contributed by atoms with van der Waals surface area (Å²) in [5.41, 5.74) is 0.633. The van der Waals surface area contributed by atoms with Crippen LogP contribution in [0.15, 0.2) is 18.2 Å². The first-order valence-electron chi connectivity index (χ1n) is 7.80. The molecule has 0 bridgehead atoms. The fourth-order valence-corrected chi connectivity index (χ4v) is 2.94. The molecule has 22 heavy (non-hydrogen) atoms. The fraction of sp³-hybridized carbons (Fsp3) is 0.588. The van der Waals surface area contributed by atoms with Crippen molar-refractivity contribution in [2.24, 2.45) is 5.92 Å². The summed E-state index contributed by atoms with van der Waals surface area (Å²) in [6.07, 6.45) is 1.15. The van der Waals surface area contributed by atoms with Crippen molar-refractivity contribution in [3.8, 4) is 11.5 Å². The van der Waals surface area contributed by atoms with Gasteiger partial charge in [0.15, 0.2) is 11.5 Å². The number of hydrogen-bond donors (Lipinski definition) is 0. The van der Waals surface area contributed by atoms with Gasteiger partial charge in [-0.2, -0.15) is 0 Å². The maximum atomic E-state index is 12.6. The minimum atomic E-state index is 0.0240. The Labute approximate surface area is 132 Å². The van der Waals surface area contributed by atoms with Gasteiger partial charge >= 0.3 is 0 Å². The number of nitrogens with zero attached hydrogens (tertiary/aromatic N) is 2. The van der Waals surface area contributed by atoms with E-state index < -0.39 is 0 Å². The van der Waals surface area contributed by atoms with Crippen LogP contribution in [-0.2, 0) is 0 Å². The van der Waals surface area contributed by atoms with Crippen molar-refractivity contribution in [1.29, 1.82) is 0 Å². The molecule has 0 spiro atoms. The predicted octanol–water partition coefficient (Wildman–Crippen LogP) is 2.12. The van der Waals surface area contributed by atoms with Gasteiger partial charge in [0.25, 0.3) is 5.91 Å². The molecule has 1 atom stereocenters. The quantitative estimate of drug-likeness (QED) is 0.807. The van der Waals surface area contributed by atoms with E-state index in [2.05, 4.69) is 11.9 Å². The van der Waals surface area contributed by atoms with E-state index in [0.29, 0.717) is 29.6 Å². The van der Waals surface area contributed by atoms with Gasteiger partial charge in [0.1, 0.15) is 0 Å². The molecule has 1 aromatic carbocycles. The van der Waals surface area contributed by atoms with Crippen molar-refractivity contribution in [2.45, 2.75) is 13.3 Å². The highest BCUT2D eigenvalue weighted by Crippen LogP contribution is 2.28. The normalized spacial score (nSPS) is 18.3. The van der Waals surface area contributed by atoms with Gasteiger partial charge in [0.2, 0.25) is 0 Å². The van der Waals surface area contributed by atoms with Gasteiger partial charge < -0.3 is 19.3 Å². The number of methoxy groups -OCH3 is 1. The lowest BCUT2D eigenvalue weighted by Crippen LogP contribution is -2.32. The summed E-state index contributed by atoms with van der Waals surface area (Å²) in [5, 5.41) is 0. The number of carbonyl (C=O) groups is 1. The monoisotopic (exact) mass is 306 g/mol. The molecule has 0 N–H and O–H groups in total. The highest BCUT2D eigenvalue weighted by atomic mass is 16.5. The molecule has 1 fully saturated rings. The van der Waals surface area contributed by atoms with Gasteiger partial charge in [-0.1, -0.05) is 0 Å². The fourth-order valence-electron chi connectivity index (χ4n) is 2.94. The maximum absolute atomic E-state index is 12.6. The first-order valence-corrected chi connectivity index (χ1v) is 7.80. The van der Waals surface area contributed by atoms with Crippen LogP contribution in [0.1, 0.15) is 23.7 Å². The van der Waals surface area contributed by atoms with E-state index >= 15 is 0 Å². The molecule has 1 aliphatic rings. The molecule has 1 aliphatic heterocycles. The zero-order valence-electron chi connectivity index (χ0n) is 14.0. The van der Waals surface area contributed by atoms with Gasteiger partial charge in [0, 0.05) is 25.7 Å². The summed E-state index contributed by atoms with van der Waals surface area (Å²) < 4.78 is 10.8. The van der Waals surface area contributed by atoms with E-state index in [9.17, 15) is 4.79 Å². The Hall–Kier alpha value is -1.75. The molecule has 1 aromatic rings. The van der Waals surface area contributed by atoms with Crippen LogP contribution in [0.3, 0.4) is 0 Å². The third-order valence-electron chi connectivity index (χ3n) is 4.08. The molecule has 0 aliphatic carbocycles. The number of amides is 1. The molecular formula is C17H26N2O3. The average Bonchev–Trinajstić information content (AvgIpc) is 2.92. The highest BCUT2D eigenvalue weighted by molar-refractivity contribution is 5.94. The first kappa shape index (κ1) is 16.6. The number of benzene rings is 1. The molecule has 122 valence electrons. The Kier molecular flexibility index (Phi) is 5.66. The second kappa shape index (κ2) is 7.49. The van der Waals surface area contributed by atoms with Gasteiger partial charge in [0.05, 0.1) is 13.7 Å². The van der Waals surface area contributed by atoms with Crippen LogP contribution >= 0.6 is 0 Å². The molecular weight excluding hydrogens is 280 g/mol. The SMILES string of the molecule is CCOc1ccc(C(=O)N(C)CC2CCN(C)C2)cc1OC. The largest absolute Gasteiger partial charge is 0.493 e. The molecule has 1 saturated heterocycles. The smallest absolute Gasteiger partial charge is 0.253 e. The van der Waals surface area contributed by atoms with E-state index in [0.717, 1.165) is 26.1 Å². The van der Waals surface area contributed by atoms with E-state index in [-0.39, 0.29) is 5.91 Å².